The molecular weight excluding hydrogens is 190 g/mol. The van der Waals surface area contributed by atoms with Crippen LogP contribution in [0, 0.1) is 5.92 Å². The Morgan fingerprint density at radius 2 is 2.00 bits per heavy atom. The first-order chi connectivity index (χ1) is 7.15. The summed E-state index contributed by atoms with van der Waals surface area (Å²) >= 11 is 0. The molecule has 1 fully saturated rings. The van der Waals surface area contributed by atoms with E-state index in [4.69, 9.17) is 4.74 Å². The van der Waals surface area contributed by atoms with E-state index in [1.54, 1.807) is 0 Å². The highest BCUT2D eigenvalue weighted by Crippen LogP contribution is 2.23. The lowest BCUT2D eigenvalue weighted by Gasteiger charge is -2.25. The van der Waals surface area contributed by atoms with E-state index >= 15 is 0 Å². The largest absolute Gasteiger partial charge is 0.468 e. The molecule has 3 unspecified atom stereocenters. The summed E-state index contributed by atoms with van der Waals surface area (Å²) in [6.45, 7) is 4.15. The standard InChI is InChI=1S/C12H23NO2/c1-9-7-5-4-6-8-11(9)13-10(2)12(14)15-3/h9-11,13H,4-8H2,1-3H3. The summed E-state index contributed by atoms with van der Waals surface area (Å²) in [4.78, 5) is 11.3. The van der Waals surface area contributed by atoms with Gasteiger partial charge in [-0.05, 0) is 25.7 Å². The lowest BCUT2D eigenvalue weighted by Crippen LogP contribution is -2.44. The third-order valence-electron chi connectivity index (χ3n) is 3.38. The van der Waals surface area contributed by atoms with Crippen molar-refractivity contribution in [2.24, 2.45) is 5.92 Å². The van der Waals surface area contributed by atoms with Crippen LogP contribution in [0.4, 0.5) is 0 Å². The molecule has 0 aromatic carbocycles. The summed E-state index contributed by atoms with van der Waals surface area (Å²) in [7, 11) is 1.44. The van der Waals surface area contributed by atoms with E-state index < -0.39 is 0 Å². The zero-order chi connectivity index (χ0) is 11.3. The van der Waals surface area contributed by atoms with Gasteiger partial charge in [-0.15, -0.1) is 0 Å². The molecule has 15 heavy (non-hydrogen) atoms. The molecule has 0 heterocycles. The third kappa shape index (κ3) is 3.82. The van der Waals surface area contributed by atoms with Crippen LogP contribution in [0.3, 0.4) is 0 Å². The Morgan fingerprint density at radius 1 is 1.33 bits per heavy atom. The molecule has 3 nitrogen and oxygen atoms in total. The van der Waals surface area contributed by atoms with Crippen LogP contribution in [0.2, 0.25) is 0 Å². The second-order valence-corrected chi connectivity index (χ2v) is 4.63. The molecule has 0 spiro atoms. The number of rotatable bonds is 3. The van der Waals surface area contributed by atoms with Gasteiger partial charge in [0.1, 0.15) is 6.04 Å². The number of hydrogen-bond donors (Lipinski definition) is 1. The first kappa shape index (κ1) is 12.5. The number of hydrogen-bond acceptors (Lipinski definition) is 3. The molecule has 3 atom stereocenters. The van der Waals surface area contributed by atoms with Crippen LogP contribution in [0.25, 0.3) is 0 Å². The second-order valence-electron chi connectivity index (χ2n) is 4.63. The molecule has 0 bridgehead atoms. The van der Waals surface area contributed by atoms with Crippen LogP contribution < -0.4 is 5.32 Å². The van der Waals surface area contributed by atoms with E-state index in [1.165, 1.54) is 39.2 Å². The molecule has 0 amide bonds. The molecule has 0 aliphatic heterocycles. The van der Waals surface area contributed by atoms with Gasteiger partial charge in [0, 0.05) is 6.04 Å². The summed E-state index contributed by atoms with van der Waals surface area (Å²) in [6.07, 6.45) is 6.38. The monoisotopic (exact) mass is 213 g/mol. The van der Waals surface area contributed by atoms with Crippen molar-refractivity contribution in [3.8, 4) is 0 Å². The third-order valence-corrected chi connectivity index (χ3v) is 3.38. The molecule has 0 radical (unpaired) electrons. The summed E-state index contributed by atoms with van der Waals surface area (Å²) in [5, 5.41) is 3.38. The Hall–Kier alpha value is -0.570. The molecule has 88 valence electrons. The first-order valence-corrected chi connectivity index (χ1v) is 5.99. The number of carbonyl (C=O) groups excluding carboxylic acids is 1. The predicted octanol–water partition coefficient (Wildman–Crippen LogP) is 2.11. The van der Waals surface area contributed by atoms with Crippen molar-refractivity contribution in [2.75, 3.05) is 7.11 Å². The van der Waals surface area contributed by atoms with Gasteiger partial charge in [0.15, 0.2) is 0 Å². The van der Waals surface area contributed by atoms with Crippen molar-refractivity contribution in [3.05, 3.63) is 0 Å². The zero-order valence-electron chi connectivity index (χ0n) is 10.1. The van der Waals surface area contributed by atoms with Crippen molar-refractivity contribution in [2.45, 2.75) is 58.0 Å². The lowest BCUT2D eigenvalue weighted by molar-refractivity contribution is -0.142. The smallest absolute Gasteiger partial charge is 0.322 e. The Bertz CT molecular complexity index is 206. The minimum absolute atomic E-state index is 0.161. The van der Waals surface area contributed by atoms with Gasteiger partial charge in [0.25, 0.3) is 0 Å². The summed E-state index contributed by atoms with van der Waals surface area (Å²) in [5.41, 5.74) is 0. The van der Waals surface area contributed by atoms with E-state index in [0.717, 1.165) is 0 Å². The van der Waals surface area contributed by atoms with Crippen LogP contribution in [0.5, 0.6) is 0 Å². The fourth-order valence-electron chi connectivity index (χ4n) is 2.31. The maximum atomic E-state index is 11.3. The van der Waals surface area contributed by atoms with Crippen LogP contribution >= 0.6 is 0 Å². The quantitative estimate of drug-likeness (QED) is 0.576. The Kier molecular flexibility index (Phi) is 5.09. The summed E-state index contributed by atoms with van der Waals surface area (Å²) < 4.78 is 4.72. The molecule has 3 heteroatoms. The Balaban J connectivity index is 2.43. The average Bonchev–Trinajstić information content (AvgIpc) is 2.43. The van der Waals surface area contributed by atoms with Gasteiger partial charge in [-0.2, -0.15) is 0 Å². The van der Waals surface area contributed by atoms with Gasteiger partial charge >= 0.3 is 5.97 Å². The van der Waals surface area contributed by atoms with Crippen LogP contribution in [0.1, 0.15) is 46.0 Å². The number of esters is 1. The van der Waals surface area contributed by atoms with Crippen LogP contribution in [-0.4, -0.2) is 25.2 Å². The highest BCUT2D eigenvalue weighted by atomic mass is 16.5. The topological polar surface area (TPSA) is 38.3 Å². The highest BCUT2D eigenvalue weighted by molar-refractivity contribution is 5.75. The molecule has 0 saturated heterocycles. The van der Waals surface area contributed by atoms with Crippen molar-refractivity contribution in [1.82, 2.24) is 5.32 Å². The van der Waals surface area contributed by atoms with Gasteiger partial charge in [-0.3, -0.25) is 4.79 Å². The van der Waals surface area contributed by atoms with Crippen molar-refractivity contribution < 1.29 is 9.53 Å². The van der Waals surface area contributed by atoms with Gasteiger partial charge in [0.05, 0.1) is 7.11 Å². The van der Waals surface area contributed by atoms with E-state index in [-0.39, 0.29) is 12.0 Å². The molecule has 0 aromatic heterocycles. The normalized spacial score (nSPS) is 29.3. The Labute approximate surface area is 92.6 Å². The van der Waals surface area contributed by atoms with Gasteiger partial charge in [0.2, 0.25) is 0 Å². The Morgan fingerprint density at radius 3 is 2.67 bits per heavy atom. The molecular formula is C12H23NO2. The second kappa shape index (κ2) is 6.11. The van der Waals surface area contributed by atoms with Crippen molar-refractivity contribution >= 4 is 5.97 Å². The minimum atomic E-state index is -0.180. The molecule has 1 saturated carbocycles. The average molecular weight is 213 g/mol. The van der Waals surface area contributed by atoms with Gasteiger partial charge in [-0.25, -0.2) is 0 Å². The van der Waals surface area contributed by atoms with Crippen molar-refractivity contribution in [3.63, 3.8) is 0 Å². The maximum Gasteiger partial charge on any atom is 0.322 e. The molecule has 1 aliphatic carbocycles. The zero-order valence-corrected chi connectivity index (χ0v) is 10.1. The van der Waals surface area contributed by atoms with E-state index in [9.17, 15) is 4.79 Å². The fourth-order valence-corrected chi connectivity index (χ4v) is 2.31. The SMILES string of the molecule is COC(=O)C(C)NC1CCCCCC1C. The van der Waals surface area contributed by atoms with E-state index in [2.05, 4.69) is 12.2 Å². The number of carbonyl (C=O) groups is 1. The minimum Gasteiger partial charge on any atom is -0.468 e. The molecule has 0 aromatic rings. The van der Waals surface area contributed by atoms with Crippen LogP contribution in [-0.2, 0) is 9.53 Å². The van der Waals surface area contributed by atoms with Crippen molar-refractivity contribution in [1.29, 1.82) is 0 Å². The van der Waals surface area contributed by atoms with Gasteiger partial charge < -0.3 is 10.1 Å². The maximum absolute atomic E-state index is 11.3. The first-order valence-electron chi connectivity index (χ1n) is 5.99. The lowest BCUT2D eigenvalue weighted by atomic mass is 9.96. The number of methoxy groups -OCH3 is 1. The van der Waals surface area contributed by atoms with E-state index in [1.807, 2.05) is 6.92 Å². The summed E-state index contributed by atoms with van der Waals surface area (Å²) in [5.74, 6) is 0.506. The predicted molar refractivity (Wildman–Crippen MR) is 60.7 cm³/mol. The van der Waals surface area contributed by atoms with E-state index in [0.29, 0.717) is 12.0 Å². The number of ether oxygens (including phenoxy) is 1. The van der Waals surface area contributed by atoms with Gasteiger partial charge in [-0.1, -0.05) is 26.2 Å². The molecule has 1 rings (SSSR count). The highest BCUT2D eigenvalue weighted by Gasteiger charge is 2.23. The number of nitrogens with one attached hydrogen (secondary N) is 1. The fraction of sp³-hybridized carbons (Fsp3) is 0.917. The van der Waals surface area contributed by atoms with Crippen LogP contribution in [0.15, 0.2) is 0 Å². The molecule has 1 N–H and O–H groups in total. The molecule has 1 aliphatic rings. The summed E-state index contributed by atoms with van der Waals surface area (Å²) in [6, 6.07) is 0.294.